The number of amides is 1. The molecule has 0 aromatic carbocycles. The second kappa shape index (κ2) is 6.01. The summed E-state index contributed by atoms with van der Waals surface area (Å²) in [7, 11) is 1.52. The maximum atomic E-state index is 12.7. The van der Waals surface area contributed by atoms with Crippen LogP contribution in [0.1, 0.15) is 21.6 Å². The average Bonchev–Trinajstić information content (AvgIpc) is 2.67. The Morgan fingerprint density at radius 2 is 2.12 bits per heavy atom. The van der Waals surface area contributed by atoms with E-state index in [4.69, 9.17) is 4.74 Å². The number of pyridine rings is 2. The highest BCUT2D eigenvalue weighted by Gasteiger charge is 2.25. The molecule has 1 amide bonds. The first-order valence-corrected chi connectivity index (χ1v) is 7.96. The second-order valence-corrected chi connectivity index (χ2v) is 5.84. The van der Waals surface area contributed by atoms with Gasteiger partial charge in [0, 0.05) is 31.4 Å². The van der Waals surface area contributed by atoms with Crippen molar-refractivity contribution < 1.29 is 9.53 Å². The summed E-state index contributed by atoms with van der Waals surface area (Å²) in [5.74, 6) is 0.299. The van der Waals surface area contributed by atoms with Crippen LogP contribution >= 0.6 is 0 Å². The van der Waals surface area contributed by atoms with Gasteiger partial charge in [-0.25, -0.2) is 9.97 Å². The number of rotatable bonds is 2. The number of ether oxygens (including phenoxy) is 1. The van der Waals surface area contributed by atoms with Gasteiger partial charge in [0.25, 0.3) is 11.5 Å². The number of fused-ring (bicyclic) bond motifs is 2. The van der Waals surface area contributed by atoms with Crippen molar-refractivity contribution in [2.45, 2.75) is 13.0 Å². The van der Waals surface area contributed by atoms with Gasteiger partial charge in [-0.05, 0) is 18.2 Å². The zero-order chi connectivity index (χ0) is 17.4. The van der Waals surface area contributed by atoms with Gasteiger partial charge in [0.1, 0.15) is 5.65 Å². The Bertz CT molecular complexity index is 1010. The van der Waals surface area contributed by atoms with Crippen molar-refractivity contribution in [2.75, 3.05) is 13.7 Å². The molecule has 0 fully saturated rings. The average molecular weight is 336 g/mol. The van der Waals surface area contributed by atoms with E-state index >= 15 is 0 Å². The number of aromatic nitrogens is 3. The third kappa shape index (κ3) is 2.63. The summed E-state index contributed by atoms with van der Waals surface area (Å²) in [5, 5.41) is 0. The van der Waals surface area contributed by atoms with Crippen molar-refractivity contribution in [1.82, 2.24) is 19.3 Å². The van der Waals surface area contributed by atoms with Crippen molar-refractivity contribution in [3.8, 4) is 5.88 Å². The largest absolute Gasteiger partial charge is 0.481 e. The van der Waals surface area contributed by atoms with Crippen LogP contribution in [0.25, 0.3) is 5.65 Å². The predicted molar refractivity (Wildman–Crippen MR) is 90.7 cm³/mol. The van der Waals surface area contributed by atoms with Crippen molar-refractivity contribution >= 4 is 11.6 Å². The highest BCUT2D eigenvalue weighted by molar-refractivity contribution is 5.94. The van der Waals surface area contributed by atoms with E-state index < -0.39 is 0 Å². The number of carbonyl (C=O) groups excluding carboxylic acids is 1. The van der Waals surface area contributed by atoms with E-state index in [1.165, 1.54) is 17.7 Å². The molecule has 0 saturated heterocycles. The second-order valence-electron chi connectivity index (χ2n) is 5.84. The van der Waals surface area contributed by atoms with Crippen LogP contribution in [-0.2, 0) is 13.0 Å². The van der Waals surface area contributed by atoms with Gasteiger partial charge in [0.2, 0.25) is 5.88 Å². The monoisotopic (exact) mass is 336 g/mol. The minimum absolute atomic E-state index is 0.119. The normalized spacial score (nSPS) is 13.6. The molecule has 7 nitrogen and oxygen atoms in total. The summed E-state index contributed by atoms with van der Waals surface area (Å²) >= 11 is 0. The molecule has 0 atom stereocenters. The van der Waals surface area contributed by atoms with Crippen molar-refractivity contribution in [1.29, 1.82) is 0 Å². The zero-order valence-electron chi connectivity index (χ0n) is 13.7. The van der Waals surface area contributed by atoms with E-state index in [2.05, 4.69) is 9.97 Å². The molecular formula is C18H16N4O3. The minimum Gasteiger partial charge on any atom is -0.481 e. The minimum atomic E-state index is -0.154. The molecule has 0 aliphatic carbocycles. The van der Waals surface area contributed by atoms with Gasteiger partial charge in [-0.15, -0.1) is 0 Å². The van der Waals surface area contributed by atoms with Crippen LogP contribution in [0.3, 0.4) is 0 Å². The lowest BCUT2D eigenvalue weighted by molar-refractivity contribution is 0.0732. The van der Waals surface area contributed by atoms with Crippen LogP contribution in [0.2, 0.25) is 0 Å². The Hall–Kier alpha value is -3.22. The molecule has 1 aliphatic rings. The third-order valence-electron chi connectivity index (χ3n) is 4.36. The van der Waals surface area contributed by atoms with Gasteiger partial charge < -0.3 is 9.64 Å². The lowest BCUT2D eigenvalue weighted by Crippen LogP contribution is -2.40. The topological polar surface area (TPSA) is 76.8 Å². The lowest BCUT2D eigenvalue weighted by atomic mass is 10.1. The molecule has 1 aliphatic heterocycles. The zero-order valence-corrected chi connectivity index (χ0v) is 13.7. The first kappa shape index (κ1) is 15.3. The maximum Gasteiger partial charge on any atom is 0.263 e. The van der Waals surface area contributed by atoms with Crippen LogP contribution in [0, 0.1) is 0 Å². The highest BCUT2D eigenvalue weighted by atomic mass is 16.5. The Morgan fingerprint density at radius 3 is 2.88 bits per heavy atom. The molecule has 0 saturated carbocycles. The molecular weight excluding hydrogens is 320 g/mol. The van der Waals surface area contributed by atoms with Crippen LogP contribution in [0.15, 0.2) is 47.5 Å². The van der Waals surface area contributed by atoms with Crippen LogP contribution in [0.4, 0.5) is 0 Å². The summed E-state index contributed by atoms with van der Waals surface area (Å²) in [4.78, 5) is 35.7. The molecule has 7 heteroatoms. The first-order valence-electron chi connectivity index (χ1n) is 7.96. The van der Waals surface area contributed by atoms with E-state index in [1.54, 1.807) is 29.3 Å². The molecule has 0 unspecified atom stereocenters. The SMILES string of the molecule is COc1ccc(C(=O)N2CCc3nc4ccccn4c(=O)c3C2)cn1. The highest BCUT2D eigenvalue weighted by Crippen LogP contribution is 2.18. The summed E-state index contributed by atoms with van der Waals surface area (Å²) in [6.07, 6.45) is 3.74. The van der Waals surface area contributed by atoms with E-state index in [1.807, 2.05) is 12.1 Å². The number of hydrogen-bond acceptors (Lipinski definition) is 5. The van der Waals surface area contributed by atoms with Crippen molar-refractivity contribution in [3.63, 3.8) is 0 Å². The molecule has 4 rings (SSSR count). The lowest BCUT2D eigenvalue weighted by Gasteiger charge is -2.28. The van der Waals surface area contributed by atoms with E-state index in [0.29, 0.717) is 35.6 Å². The number of carbonyl (C=O) groups is 1. The van der Waals surface area contributed by atoms with Gasteiger partial charge >= 0.3 is 0 Å². The van der Waals surface area contributed by atoms with Gasteiger partial charge in [-0.2, -0.15) is 0 Å². The summed E-state index contributed by atoms with van der Waals surface area (Å²) in [5.41, 5.74) is 2.33. The van der Waals surface area contributed by atoms with Gasteiger partial charge in [-0.1, -0.05) is 6.07 Å². The van der Waals surface area contributed by atoms with E-state index in [-0.39, 0.29) is 18.0 Å². The Balaban J connectivity index is 1.67. The van der Waals surface area contributed by atoms with E-state index in [0.717, 1.165) is 5.69 Å². The van der Waals surface area contributed by atoms with Gasteiger partial charge in [0.05, 0.1) is 30.5 Å². The first-order chi connectivity index (χ1) is 12.2. The number of methoxy groups -OCH3 is 1. The van der Waals surface area contributed by atoms with Crippen LogP contribution < -0.4 is 10.3 Å². The standard InChI is InChI=1S/C18H16N4O3/c1-25-16-6-5-12(10-19-16)17(23)21-9-7-14-13(11-21)18(24)22-8-3-2-4-15(22)20-14/h2-6,8,10H,7,9,11H2,1H3. The quantitative estimate of drug-likeness (QED) is 0.705. The van der Waals surface area contributed by atoms with Crippen LogP contribution in [0.5, 0.6) is 5.88 Å². The Morgan fingerprint density at radius 1 is 1.24 bits per heavy atom. The van der Waals surface area contributed by atoms with Crippen molar-refractivity contribution in [2.24, 2.45) is 0 Å². The number of hydrogen-bond donors (Lipinski definition) is 0. The van der Waals surface area contributed by atoms with E-state index in [9.17, 15) is 9.59 Å². The smallest absolute Gasteiger partial charge is 0.263 e. The van der Waals surface area contributed by atoms with Crippen LogP contribution in [-0.4, -0.2) is 38.8 Å². The van der Waals surface area contributed by atoms with Crippen molar-refractivity contribution in [3.05, 3.63) is 69.9 Å². The molecule has 0 spiro atoms. The fourth-order valence-electron chi connectivity index (χ4n) is 3.03. The van der Waals surface area contributed by atoms with Gasteiger partial charge in [-0.3, -0.25) is 14.0 Å². The maximum absolute atomic E-state index is 12.7. The van der Waals surface area contributed by atoms with Gasteiger partial charge in [0.15, 0.2) is 0 Å². The molecule has 0 bridgehead atoms. The fourth-order valence-corrected chi connectivity index (χ4v) is 3.03. The fraction of sp³-hybridized carbons (Fsp3) is 0.222. The molecule has 0 N–H and O–H groups in total. The predicted octanol–water partition coefficient (Wildman–Crippen LogP) is 1.30. The Labute approximate surface area is 143 Å². The summed E-state index contributed by atoms with van der Waals surface area (Å²) < 4.78 is 6.52. The molecule has 0 radical (unpaired) electrons. The molecule has 3 aromatic rings. The summed E-state index contributed by atoms with van der Waals surface area (Å²) in [6, 6.07) is 8.77. The molecule has 3 aromatic heterocycles. The molecule has 4 heterocycles. The molecule has 25 heavy (non-hydrogen) atoms. The summed E-state index contributed by atoms with van der Waals surface area (Å²) in [6.45, 7) is 0.775. The number of nitrogens with zero attached hydrogens (tertiary/aromatic N) is 4. The molecule has 126 valence electrons. The third-order valence-corrected chi connectivity index (χ3v) is 4.36. The Kier molecular flexibility index (Phi) is 3.68.